The fourth-order valence-electron chi connectivity index (χ4n) is 4.20. The minimum Gasteiger partial charge on any atom is -0.508 e. The molecule has 2 heterocycles. The highest BCUT2D eigenvalue weighted by molar-refractivity contribution is 5.83. The first kappa shape index (κ1) is 28.9. The van der Waals surface area contributed by atoms with Crippen molar-refractivity contribution in [2.45, 2.75) is 53.1 Å². The lowest BCUT2D eigenvalue weighted by molar-refractivity contribution is 0.0825. The molecule has 4 rings (SSSR count). The van der Waals surface area contributed by atoms with E-state index < -0.39 is 0 Å². The number of piperidine rings is 1. The van der Waals surface area contributed by atoms with Gasteiger partial charge in [-0.25, -0.2) is 0 Å². The topological polar surface area (TPSA) is 115 Å². The van der Waals surface area contributed by atoms with Crippen molar-refractivity contribution in [3.63, 3.8) is 0 Å². The Morgan fingerprint density at radius 2 is 1.89 bits per heavy atom. The SMILES string of the molecule is C=c1/c(=C(\C)N)c(=O)[nH]c2cc(NCCCN3CCC(O)CC3)ccc12.CC.Cc1cccc(O)c1. The largest absolute Gasteiger partial charge is 0.508 e. The van der Waals surface area contributed by atoms with Gasteiger partial charge in [0.15, 0.2) is 0 Å². The molecule has 1 aromatic heterocycles. The maximum absolute atomic E-state index is 12.2. The van der Waals surface area contributed by atoms with E-state index in [0.29, 0.717) is 21.9 Å². The molecule has 0 aliphatic carbocycles. The Labute approximate surface area is 214 Å². The van der Waals surface area contributed by atoms with Gasteiger partial charge >= 0.3 is 0 Å². The molecule has 0 atom stereocenters. The zero-order chi connectivity index (χ0) is 26.7. The highest BCUT2D eigenvalue weighted by Crippen LogP contribution is 2.14. The van der Waals surface area contributed by atoms with E-state index in [9.17, 15) is 9.90 Å². The Balaban J connectivity index is 0.000000384. The highest BCUT2D eigenvalue weighted by atomic mass is 16.3. The van der Waals surface area contributed by atoms with Crippen molar-refractivity contribution in [1.29, 1.82) is 0 Å². The number of likely N-dealkylation sites (tertiary alicyclic amines) is 1. The standard InChI is InChI=1S/C20H28N4O2.C7H8O.C2H6/c1-13-17-5-4-15(12-18(17)23-20(26)19(13)14(2)21)22-8-3-9-24-10-6-16(25)7-11-24;1-6-3-2-4-7(8)5-6;1-2/h4-5,12,16,22,25H,1,3,6-11,21H2,2H3,(H,23,26);2-5,8H,1H3;1-2H3/b19-14-;;. The fraction of sp³-hybridized carbons (Fsp3) is 0.414. The van der Waals surface area contributed by atoms with Crippen molar-refractivity contribution in [3.8, 4) is 5.75 Å². The summed E-state index contributed by atoms with van der Waals surface area (Å²) >= 11 is 0. The second kappa shape index (κ2) is 14.3. The van der Waals surface area contributed by atoms with Gasteiger partial charge in [0.2, 0.25) is 0 Å². The van der Waals surface area contributed by atoms with E-state index in [1.807, 2.05) is 51.1 Å². The number of aromatic nitrogens is 1. The molecule has 0 spiro atoms. The number of phenols is 1. The molecule has 196 valence electrons. The molecule has 6 N–H and O–H groups in total. The normalized spacial score (nSPS) is 14.8. The number of hydrogen-bond donors (Lipinski definition) is 5. The van der Waals surface area contributed by atoms with Gasteiger partial charge in [-0.15, -0.1) is 0 Å². The van der Waals surface area contributed by atoms with Crippen molar-refractivity contribution in [1.82, 2.24) is 9.88 Å². The zero-order valence-corrected chi connectivity index (χ0v) is 22.1. The van der Waals surface area contributed by atoms with Crippen LogP contribution in [0.4, 0.5) is 5.69 Å². The Hall–Kier alpha value is -3.29. The number of nitrogens with two attached hydrogens (primary N) is 1. The number of aliphatic hydroxyl groups is 1. The number of aromatic hydroxyl groups is 1. The number of aryl methyl sites for hydroxylation is 1. The van der Waals surface area contributed by atoms with Crippen LogP contribution >= 0.6 is 0 Å². The maximum atomic E-state index is 12.2. The monoisotopic (exact) mass is 494 g/mol. The molecule has 0 saturated carbocycles. The first-order chi connectivity index (χ1) is 17.2. The number of anilines is 1. The Morgan fingerprint density at radius 3 is 2.47 bits per heavy atom. The van der Waals surface area contributed by atoms with Crippen LogP contribution in [0.3, 0.4) is 0 Å². The van der Waals surface area contributed by atoms with Crippen LogP contribution in [0.15, 0.2) is 47.3 Å². The summed E-state index contributed by atoms with van der Waals surface area (Å²) in [7, 11) is 0. The number of aromatic amines is 1. The lowest BCUT2D eigenvalue weighted by Gasteiger charge is -2.29. The minimum atomic E-state index is -0.202. The molecule has 1 saturated heterocycles. The summed E-state index contributed by atoms with van der Waals surface area (Å²) < 4.78 is 0. The van der Waals surface area contributed by atoms with E-state index in [-0.39, 0.29) is 11.7 Å². The van der Waals surface area contributed by atoms with Crippen molar-refractivity contribution in [2.24, 2.45) is 5.73 Å². The molecule has 0 unspecified atom stereocenters. The van der Waals surface area contributed by atoms with Crippen LogP contribution < -0.4 is 27.0 Å². The van der Waals surface area contributed by atoms with E-state index in [1.54, 1.807) is 19.1 Å². The molecule has 0 radical (unpaired) electrons. The fourth-order valence-corrected chi connectivity index (χ4v) is 4.20. The van der Waals surface area contributed by atoms with E-state index in [0.717, 1.165) is 67.6 Å². The van der Waals surface area contributed by atoms with Crippen molar-refractivity contribution < 1.29 is 10.2 Å². The third kappa shape index (κ3) is 8.43. The summed E-state index contributed by atoms with van der Waals surface area (Å²) in [6, 6.07) is 13.1. The van der Waals surface area contributed by atoms with E-state index in [4.69, 9.17) is 10.8 Å². The molecule has 7 heteroatoms. The van der Waals surface area contributed by atoms with Crippen LogP contribution in [0.5, 0.6) is 5.75 Å². The number of H-pyrrole nitrogens is 1. The number of pyridine rings is 1. The second-order valence-electron chi connectivity index (χ2n) is 8.94. The van der Waals surface area contributed by atoms with Crippen LogP contribution in [0.1, 0.15) is 45.6 Å². The maximum Gasteiger partial charge on any atom is 0.258 e. The summed E-state index contributed by atoms with van der Waals surface area (Å²) in [6.07, 6.45) is 2.66. The van der Waals surface area contributed by atoms with Gasteiger partial charge in [-0.1, -0.05) is 38.6 Å². The quantitative estimate of drug-likeness (QED) is 0.349. The van der Waals surface area contributed by atoms with Crippen LogP contribution in [0.25, 0.3) is 23.2 Å². The summed E-state index contributed by atoms with van der Waals surface area (Å²) in [5.41, 5.74) is 8.92. The number of fused-ring (bicyclic) bond motifs is 1. The molecular weight excluding hydrogens is 452 g/mol. The molecular formula is C29H42N4O3. The second-order valence-corrected chi connectivity index (χ2v) is 8.94. The first-order valence-corrected chi connectivity index (χ1v) is 12.8. The molecule has 1 aliphatic rings. The van der Waals surface area contributed by atoms with E-state index in [1.165, 1.54) is 0 Å². The molecule has 1 fully saturated rings. The summed E-state index contributed by atoms with van der Waals surface area (Å²) in [4.78, 5) is 17.5. The Morgan fingerprint density at radius 1 is 1.19 bits per heavy atom. The average Bonchev–Trinajstić information content (AvgIpc) is 2.84. The number of benzene rings is 2. The highest BCUT2D eigenvalue weighted by Gasteiger charge is 2.15. The van der Waals surface area contributed by atoms with Gasteiger partial charge in [0.1, 0.15) is 5.75 Å². The van der Waals surface area contributed by atoms with Crippen molar-refractivity contribution >= 4 is 28.9 Å². The lowest BCUT2D eigenvalue weighted by Crippen LogP contribution is -2.43. The van der Waals surface area contributed by atoms with Crippen LogP contribution in [0, 0.1) is 6.92 Å². The van der Waals surface area contributed by atoms with Gasteiger partial charge in [-0.2, -0.15) is 0 Å². The number of phenolic OH excluding ortho intramolecular Hbond substituents is 1. The number of nitrogens with zero attached hydrogens (tertiary/aromatic N) is 1. The van der Waals surface area contributed by atoms with E-state index in [2.05, 4.69) is 21.8 Å². The van der Waals surface area contributed by atoms with E-state index >= 15 is 0 Å². The van der Waals surface area contributed by atoms with Gasteiger partial charge in [0.05, 0.1) is 16.8 Å². The van der Waals surface area contributed by atoms with Crippen LogP contribution in [0.2, 0.25) is 0 Å². The average molecular weight is 495 g/mol. The van der Waals surface area contributed by atoms with Gasteiger partial charge in [-0.05, 0) is 74.7 Å². The summed E-state index contributed by atoms with van der Waals surface area (Å²) in [6.45, 7) is 15.5. The Bertz CT molecular complexity index is 1260. The van der Waals surface area contributed by atoms with Crippen molar-refractivity contribution in [2.75, 3.05) is 31.5 Å². The lowest BCUT2D eigenvalue weighted by atomic mass is 10.1. The number of hydrogen-bond acceptors (Lipinski definition) is 6. The van der Waals surface area contributed by atoms with Crippen LogP contribution in [-0.2, 0) is 0 Å². The zero-order valence-electron chi connectivity index (χ0n) is 22.1. The molecule has 1 aliphatic heterocycles. The first-order valence-electron chi connectivity index (χ1n) is 12.8. The smallest absolute Gasteiger partial charge is 0.258 e. The third-order valence-corrected chi connectivity index (χ3v) is 6.06. The molecule has 7 nitrogen and oxygen atoms in total. The van der Waals surface area contributed by atoms with Gasteiger partial charge < -0.3 is 31.1 Å². The molecule has 0 amide bonds. The minimum absolute atomic E-state index is 0.122. The van der Waals surface area contributed by atoms with Crippen molar-refractivity contribution in [3.05, 3.63) is 68.8 Å². The predicted octanol–water partition coefficient (Wildman–Crippen LogP) is 3.01. The third-order valence-electron chi connectivity index (χ3n) is 6.06. The summed E-state index contributed by atoms with van der Waals surface area (Å²) in [5, 5.41) is 23.8. The molecule has 2 aromatic carbocycles. The summed E-state index contributed by atoms with van der Waals surface area (Å²) in [5.74, 6) is 0.338. The molecule has 0 bridgehead atoms. The predicted molar refractivity (Wildman–Crippen MR) is 152 cm³/mol. The Kier molecular flexibility index (Phi) is 11.5. The number of nitrogens with one attached hydrogen (secondary N) is 2. The van der Waals surface area contributed by atoms with Gasteiger partial charge in [-0.3, -0.25) is 4.79 Å². The van der Waals surface area contributed by atoms with Gasteiger partial charge in [0, 0.05) is 36.4 Å². The number of rotatable bonds is 5. The molecule has 3 aromatic rings. The number of aliphatic hydroxyl groups excluding tert-OH is 1. The molecule has 36 heavy (non-hydrogen) atoms. The van der Waals surface area contributed by atoms with Crippen LogP contribution in [-0.4, -0.2) is 52.4 Å². The van der Waals surface area contributed by atoms with Gasteiger partial charge in [0.25, 0.3) is 5.56 Å².